The van der Waals surface area contributed by atoms with Crippen molar-refractivity contribution in [2.75, 3.05) is 14.2 Å². The minimum Gasteiger partial charge on any atom is -0.496 e. The van der Waals surface area contributed by atoms with Crippen molar-refractivity contribution in [1.29, 1.82) is 0 Å². The third-order valence-corrected chi connectivity index (χ3v) is 3.64. The molecule has 0 saturated heterocycles. The van der Waals surface area contributed by atoms with Crippen molar-refractivity contribution < 1.29 is 13.9 Å². The van der Waals surface area contributed by atoms with Gasteiger partial charge >= 0.3 is 0 Å². The van der Waals surface area contributed by atoms with Crippen molar-refractivity contribution in [2.24, 2.45) is 0 Å². The summed E-state index contributed by atoms with van der Waals surface area (Å²) in [6.07, 6.45) is 0. The van der Waals surface area contributed by atoms with Crippen LogP contribution in [0.2, 0.25) is 5.02 Å². The number of halogens is 3. The Hall–Kier alpha value is -1.45. The number of alkyl halides is 1. The average Bonchev–Trinajstić information content (AvgIpc) is 2.46. The second-order valence-corrected chi connectivity index (χ2v) is 4.98. The van der Waals surface area contributed by atoms with Gasteiger partial charge in [-0.1, -0.05) is 17.7 Å². The maximum Gasteiger partial charge on any atom is 0.131 e. The third kappa shape index (κ3) is 2.84. The zero-order chi connectivity index (χ0) is 14.7. The molecule has 1 atom stereocenters. The van der Waals surface area contributed by atoms with Crippen LogP contribution in [0.3, 0.4) is 0 Å². The molecular weight excluding hydrogens is 302 g/mol. The lowest BCUT2D eigenvalue weighted by Gasteiger charge is -2.17. The smallest absolute Gasteiger partial charge is 0.131 e. The van der Waals surface area contributed by atoms with Crippen LogP contribution in [0.4, 0.5) is 4.39 Å². The maximum atomic E-state index is 14.1. The first-order chi connectivity index (χ1) is 9.58. The quantitative estimate of drug-likeness (QED) is 0.753. The highest BCUT2D eigenvalue weighted by molar-refractivity contribution is 6.31. The highest BCUT2D eigenvalue weighted by atomic mass is 35.5. The molecule has 2 aromatic rings. The van der Waals surface area contributed by atoms with Crippen LogP contribution in [0.25, 0.3) is 0 Å². The predicted molar refractivity (Wildman–Crippen MR) is 78.7 cm³/mol. The van der Waals surface area contributed by atoms with Crippen LogP contribution in [-0.2, 0) is 0 Å². The standard InChI is InChI=1S/C15H13Cl2FO2/c1-19-12-7-6-9(16)8-10(12)15(17)14-11(18)4-3-5-13(14)20-2/h3-8,15H,1-2H3. The maximum absolute atomic E-state index is 14.1. The van der Waals surface area contributed by atoms with E-state index in [1.54, 1.807) is 30.3 Å². The molecule has 0 aliphatic carbocycles. The SMILES string of the molecule is COc1ccc(Cl)cc1C(Cl)c1c(F)cccc1OC. The molecule has 0 bridgehead atoms. The van der Waals surface area contributed by atoms with Gasteiger partial charge in [0.25, 0.3) is 0 Å². The summed E-state index contributed by atoms with van der Waals surface area (Å²) in [4.78, 5) is 0. The highest BCUT2D eigenvalue weighted by Gasteiger charge is 2.23. The van der Waals surface area contributed by atoms with Crippen LogP contribution in [-0.4, -0.2) is 14.2 Å². The number of rotatable bonds is 4. The fourth-order valence-electron chi connectivity index (χ4n) is 2.00. The molecule has 0 saturated carbocycles. The Kier molecular flexibility index (Phi) is 4.73. The molecule has 0 heterocycles. The van der Waals surface area contributed by atoms with Gasteiger partial charge in [-0.2, -0.15) is 0 Å². The van der Waals surface area contributed by atoms with Crippen molar-refractivity contribution in [3.63, 3.8) is 0 Å². The van der Waals surface area contributed by atoms with Gasteiger partial charge in [0.1, 0.15) is 17.3 Å². The molecule has 5 heteroatoms. The predicted octanol–water partition coefficient (Wildman–Crippen LogP) is 4.82. The van der Waals surface area contributed by atoms with Gasteiger partial charge in [-0.25, -0.2) is 4.39 Å². The van der Waals surface area contributed by atoms with Gasteiger partial charge < -0.3 is 9.47 Å². The van der Waals surface area contributed by atoms with Crippen LogP contribution in [0, 0.1) is 5.82 Å². The Labute approximate surface area is 127 Å². The van der Waals surface area contributed by atoms with E-state index in [0.29, 0.717) is 22.1 Å². The van der Waals surface area contributed by atoms with Crippen molar-refractivity contribution in [1.82, 2.24) is 0 Å². The molecule has 2 rings (SSSR count). The number of benzene rings is 2. The van der Waals surface area contributed by atoms with Gasteiger partial charge in [0.05, 0.1) is 25.2 Å². The summed E-state index contributed by atoms with van der Waals surface area (Å²) < 4.78 is 24.5. The Morgan fingerprint density at radius 2 is 1.75 bits per heavy atom. The molecule has 0 spiro atoms. The molecular formula is C15H13Cl2FO2. The van der Waals surface area contributed by atoms with E-state index in [1.807, 2.05) is 0 Å². The number of methoxy groups -OCH3 is 2. The lowest BCUT2D eigenvalue weighted by atomic mass is 10.0. The molecule has 0 aromatic heterocycles. The Bertz CT molecular complexity index is 617. The van der Waals surface area contributed by atoms with Crippen molar-refractivity contribution in [3.05, 3.63) is 58.4 Å². The van der Waals surface area contributed by atoms with Gasteiger partial charge in [-0.3, -0.25) is 0 Å². The van der Waals surface area contributed by atoms with Gasteiger partial charge in [0.15, 0.2) is 0 Å². The Balaban J connectivity index is 2.57. The fraction of sp³-hybridized carbons (Fsp3) is 0.200. The summed E-state index contributed by atoms with van der Waals surface area (Å²) in [6.45, 7) is 0. The van der Waals surface area contributed by atoms with Crippen LogP contribution >= 0.6 is 23.2 Å². The second kappa shape index (κ2) is 6.33. The minimum atomic E-state index is -0.764. The van der Waals surface area contributed by atoms with Gasteiger partial charge in [0.2, 0.25) is 0 Å². The molecule has 106 valence electrons. The van der Waals surface area contributed by atoms with E-state index in [9.17, 15) is 4.39 Å². The Morgan fingerprint density at radius 1 is 1.05 bits per heavy atom. The van der Waals surface area contributed by atoms with Crippen LogP contribution in [0.15, 0.2) is 36.4 Å². The van der Waals surface area contributed by atoms with Crippen molar-refractivity contribution in [2.45, 2.75) is 5.38 Å². The van der Waals surface area contributed by atoms with Crippen LogP contribution < -0.4 is 9.47 Å². The molecule has 0 fully saturated rings. The van der Waals surface area contributed by atoms with E-state index in [0.717, 1.165) is 0 Å². The second-order valence-electron chi connectivity index (χ2n) is 4.10. The molecule has 0 amide bonds. The van der Waals surface area contributed by atoms with Crippen molar-refractivity contribution in [3.8, 4) is 11.5 Å². The first-order valence-corrected chi connectivity index (χ1v) is 6.69. The summed E-state index contributed by atoms with van der Waals surface area (Å²) in [7, 11) is 2.99. The van der Waals surface area contributed by atoms with Crippen molar-refractivity contribution >= 4 is 23.2 Å². The average molecular weight is 315 g/mol. The van der Waals surface area contributed by atoms with E-state index in [-0.39, 0.29) is 5.56 Å². The molecule has 1 unspecified atom stereocenters. The molecule has 2 nitrogen and oxygen atoms in total. The zero-order valence-corrected chi connectivity index (χ0v) is 12.5. The molecule has 2 aromatic carbocycles. The molecule has 0 radical (unpaired) electrons. The third-order valence-electron chi connectivity index (χ3n) is 2.95. The van der Waals surface area contributed by atoms with Gasteiger partial charge in [-0.15, -0.1) is 11.6 Å². The Morgan fingerprint density at radius 3 is 2.40 bits per heavy atom. The molecule has 20 heavy (non-hydrogen) atoms. The van der Waals surface area contributed by atoms with Gasteiger partial charge in [0, 0.05) is 10.6 Å². The van der Waals surface area contributed by atoms with E-state index >= 15 is 0 Å². The summed E-state index contributed by atoms with van der Waals surface area (Å²) >= 11 is 12.4. The lowest BCUT2D eigenvalue weighted by molar-refractivity contribution is 0.400. The molecule has 0 N–H and O–H groups in total. The highest BCUT2D eigenvalue weighted by Crippen LogP contribution is 2.41. The van der Waals surface area contributed by atoms with Crippen LogP contribution in [0.5, 0.6) is 11.5 Å². The van der Waals surface area contributed by atoms with E-state index in [4.69, 9.17) is 32.7 Å². The first-order valence-electron chi connectivity index (χ1n) is 5.88. The molecule has 0 aliphatic rings. The monoisotopic (exact) mass is 314 g/mol. The first kappa shape index (κ1) is 14.9. The summed E-state index contributed by atoms with van der Waals surface area (Å²) in [5.41, 5.74) is 0.849. The van der Waals surface area contributed by atoms with E-state index < -0.39 is 11.2 Å². The lowest BCUT2D eigenvalue weighted by Crippen LogP contribution is -2.03. The largest absolute Gasteiger partial charge is 0.496 e. The van der Waals surface area contributed by atoms with Gasteiger partial charge in [-0.05, 0) is 30.3 Å². The van der Waals surface area contributed by atoms with E-state index in [1.165, 1.54) is 20.3 Å². The topological polar surface area (TPSA) is 18.5 Å². The fourth-order valence-corrected chi connectivity index (χ4v) is 2.56. The normalized spacial score (nSPS) is 12.1. The number of hydrogen-bond acceptors (Lipinski definition) is 2. The minimum absolute atomic E-state index is 0.261. The van der Waals surface area contributed by atoms with Crippen LogP contribution in [0.1, 0.15) is 16.5 Å². The number of hydrogen-bond donors (Lipinski definition) is 0. The number of ether oxygens (including phenoxy) is 2. The summed E-state index contributed by atoms with van der Waals surface area (Å²) in [5, 5.41) is -0.262. The summed E-state index contributed by atoms with van der Waals surface area (Å²) in [5.74, 6) is 0.484. The molecule has 0 aliphatic heterocycles. The van der Waals surface area contributed by atoms with E-state index in [2.05, 4.69) is 0 Å². The zero-order valence-electron chi connectivity index (χ0n) is 11.0. The summed E-state index contributed by atoms with van der Waals surface area (Å²) in [6, 6.07) is 9.60.